The lowest BCUT2D eigenvalue weighted by atomic mass is 9.99. The maximum atomic E-state index is 9.75. The molecule has 0 spiro atoms. The summed E-state index contributed by atoms with van der Waals surface area (Å²) in [5.74, 6) is 0. The Morgan fingerprint density at radius 3 is 2.24 bits per heavy atom. The highest BCUT2D eigenvalue weighted by Gasteiger charge is 2.44. The van der Waals surface area contributed by atoms with Crippen LogP contribution in [0.3, 0.4) is 0 Å². The lowest BCUT2D eigenvalue weighted by molar-refractivity contribution is -0.302. The van der Waals surface area contributed by atoms with Gasteiger partial charge in [0, 0.05) is 0 Å². The second kappa shape index (κ2) is 6.82. The van der Waals surface area contributed by atoms with Gasteiger partial charge in [-0.25, -0.2) is 0 Å². The van der Waals surface area contributed by atoms with Gasteiger partial charge in [0.15, 0.2) is 6.29 Å². The molecule has 6 N–H and O–H groups in total. The Balaban J connectivity index is 1.88. The van der Waals surface area contributed by atoms with Gasteiger partial charge < -0.3 is 44.8 Å². The summed E-state index contributed by atoms with van der Waals surface area (Å²) in [4.78, 5) is 0. The highest BCUT2D eigenvalue weighted by molar-refractivity contribution is 4.92. The third kappa shape index (κ3) is 3.52. The fourth-order valence-corrected chi connectivity index (χ4v) is 2.24. The minimum absolute atomic E-state index is 0.251. The molecule has 0 aliphatic carbocycles. The third-order valence-electron chi connectivity index (χ3n) is 3.71. The molecule has 123 valence electrons. The van der Waals surface area contributed by atoms with Crippen LogP contribution in [-0.2, 0) is 14.2 Å². The molecular weight excluding hydrogens is 288 g/mol. The Morgan fingerprint density at radius 2 is 1.57 bits per heavy atom. The van der Waals surface area contributed by atoms with Crippen LogP contribution >= 0.6 is 0 Å². The van der Waals surface area contributed by atoms with Gasteiger partial charge in [-0.1, -0.05) is 0 Å². The Morgan fingerprint density at radius 1 is 0.905 bits per heavy atom. The zero-order chi connectivity index (χ0) is 15.7. The quantitative estimate of drug-likeness (QED) is 0.312. The second-order valence-corrected chi connectivity index (χ2v) is 5.30. The monoisotopic (exact) mass is 309 g/mol. The molecule has 2 saturated heterocycles. The fourth-order valence-electron chi connectivity index (χ4n) is 2.24. The predicted octanol–water partition coefficient (Wildman–Crippen LogP) is -3.53. The van der Waals surface area contributed by atoms with Gasteiger partial charge in [-0.2, -0.15) is 0 Å². The highest BCUT2D eigenvalue weighted by atomic mass is 16.7. The first kappa shape index (κ1) is 17.0. The molecule has 2 aliphatic heterocycles. The smallest absolute Gasteiger partial charge is 0.186 e. The van der Waals surface area contributed by atoms with Gasteiger partial charge in [0.05, 0.1) is 12.7 Å². The van der Waals surface area contributed by atoms with E-state index in [4.69, 9.17) is 14.2 Å². The average Bonchev–Trinajstić information content (AvgIpc) is 2.46. The summed E-state index contributed by atoms with van der Waals surface area (Å²) in [6.45, 7) is 2.24. The van der Waals surface area contributed by atoms with Gasteiger partial charge in [0.1, 0.15) is 49.3 Å². The first-order valence-corrected chi connectivity index (χ1v) is 6.67. The van der Waals surface area contributed by atoms with E-state index < -0.39 is 55.1 Å². The van der Waals surface area contributed by atoms with Crippen molar-refractivity contribution in [1.29, 1.82) is 0 Å². The van der Waals surface area contributed by atoms with Crippen molar-refractivity contribution in [2.45, 2.75) is 62.0 Å². The van der Waals surface area contributed by atoms with E-state index in [0.29, 0.717) is 0 Å². The van der Waals surface area contributed by atoms with Gasteiger partial charge in [-0.15, -0.1) is 0 Å². The number of hydrogen-bond donors (Lipinski definition) is 6. The van der Waals surface area contributed by atoms with Crippen LogP contribution < -0.4 is 0 Å². The normalized spacial score (nSPS) is 51.9. The van der Waals surface area contributed by atoms with Crippen molar-refractivity contribution in [3.8, 4) is 0 Å². The van der Waals surface area contributed by atoms with E-state index in [1.807, 2.05) is 0 Å². The number of aliphatic hydroxyl groups excluding tert-OH is 6. The molecule has 9 heteroatoms. The maximum Gasteiger partial charge on any atom is 0.186 e. The number of ether oxygens (including phenoxy) is 3. The van der Waals surface area contributed by atoms with E-state index in [2.05, 4.69) is 0 Å². The van der Waals surface area contributed by atoms with Crippen LogP contribution in [0.4, 0.5) is 0 Å². The van der Waals surface area contributed by atoms with E-state index in [1.54, 1.807) is 0 Å². The van der Waals surface area contributed by atoms with Gasteiger partial charge >= 0.3 is 0 Å². The second-order valence-electron chi connectivity index (χ2n) is 5.30. The first-order valence-electron chi connectivity index (χ1n) is 6.67. The lowest BCUT2D eigenvalue weighted by Gasteiger charge is -2.40. The van der Waals surface area contributed by atoms with Crippen molar-refractivity contribution in [2.75, 3.05) is 6.61 Å². The zero-order valence-corrected chi connectivity index (χ0v) is 11.4. The molecule has 1 radical (unpaired) electrons. The van der Waals surface area contributed by atoms with E-state index in [9.17, 15) is 30.6 Å². The molecule has 2 fully saturated rings. The summed E-state index contributed by atoms with van der Waals surface area (Å²) >= 11 is 0. The molecule has 0 bridgehead atoms. The summed E-state index contributed by atoms with van der Waals surface area (Å²) in [5.41, 5.74) is 0. The molecule has 2 rings (SSSR count). The number of aliphatic hydroxyl groups is 6. The molecule has 0 amide bonds. The molecule has 0 aromatic heterocycles. The third-order valence-corrected chi connectivity index (χ3v) is 3.71. The first-order chi connectivity index (χ1) is 9.82. The van der Waals surface area contributed by atoms with Crippen LogP contribution in [0.1, 0.15) is 6.92 Å². The molecule has 0 aromatic rings. The lowest BCUT2D eigenvalue weighted by Crippen LogP contribution is -2.58. The predicted molar refractivity (Wildman–Crippen MR) is 65.5 cm³/mol. The van der Waals surface area contributed by atoms with Crippen molar-refractivity contribution < 1.29 is 44.8 Å². The molecule has 0 unspecified atom stereocenters. The molecule has 2 heterocycles. The molecule has 2 aliphatic rings. The Labute approximate surface area is 121 Å². The number of hydrogen-bond acceptors (Lipinski definition) is 9. The number of rotatable bonds is 3. The molecule has 9 nitrogen and oxygen atoms in total. The Kier molecular flexibility index (Phi) is 5.52. The summed E-state index contributed by atoms with van der Waals surface area (Å²) < 4.78 is 15.5. The summed E-state index contributed by atoms with van der Waals surface area (Å²) in [6, 6.07) is 0. The average molecular weight is 309 g/mol. The van der Waals surface area contributed by atoms with Crippen molar-refractivity contribution in [3.05, 3.63) is 6.61 Å². The van der Waals surface area contributed by atoms with E-state index in [0.717, 1.165) is 6.61 Å². The summed E-state index contributed by atoms with van der Waals surface area (Å²) in [7, 11) is 0. The Bertz CT molecular complexity index is 341. The molecule has 0 saturated carbocycles. The topological polar surface area (TPSA) is 149 Å². The van der Waals surface area contributed by atoms with Gasteiger partial charge in [0.2, 0.25) is 0 Å². The standard InChI is InChI=1S/C12H21O9/c1-4-7(14)10(17)11(18)12(21-4)20-3-6-9(16)8(15)5(13)2-19-6/h2,4-18H,3H2,1H3/t4-,5+,6-,7-,8-,9-,10+,11+,12-/m1/s1. The van der Waals surface area contributed by atoms with Crippen molar-refractivity contribution in [3.63, 3.8) is 0 Å². The van der Waals surface area contributed by atoms with E-state index >= 15 is 0 Å². The van der Waals surface area contributed by atoms with Crippen LogP contribution in [0.25, 0.3) is 0 Å². The summed E-state index contributed by atoms with van der Waals surface area (Å²) in [6.07, 6.45) is -11.1. The molecule has 21 heavy (non-hydrogen) atoms. The summed E-state index contributed by atoms with van der Waals surface area (Å²) in [5, 5.41) is 57.4. The minimum atomic E-state index is -1.46. The van der Waals surface area contributed by atoms with Gasteiger partial charge in [-0.05, 0) is 6.92 Å². The van der Waals surface area contributed by atoms with Crippen molar-refractivity contribution in [1.82, 2.24) is 0 Å². The molecule has 0 aromatic carbocycles. The van der Waals surface area contributed by atoms with E-state index in [1.165, 1.54) is 6.92 Å². The van der Waals surface area contributed by atoms with Crippen molar-refractivity contribution >= 4 is 0 Å². The van der Waals surface area contributed by atoms with Crippen LogP contribution in [0.15, 0.2) is 0 Å². The van der Waals surface area contributed by atoms with Gasteiger partial charge in [-0.3, -0.25) is 0 Å². The van der Waals surface area contributed by atoms with Crippen LogP contribution in [-0.4, -0.2) is 92.4 Å². The SMILES string of the molecule is C[C@H]1O[C@@H](OC[C@H]2O[CH][C@H](O)[C@@H](O)[C@@H]2O)[C@@H](O)[C@@H](O)[C@@H]1O. The van der Waals surface area contributed by atoms with E-state index in [-0.39, 0.29) is 6.61 Å². The Hall–Kier alpha value is -0.360. The minimum Gasteiger partial charge on any atom is -0.388 e. The van der Waals surface area contributed by atoms with Crippen LogP contribution in [0, 0.1) is 6.61 Å². The van der Waals surface area contributed by atoms with Crippen LogP contribution in [0.5, 0.6) is 0 Å². The highest BCUT2D eigenvalue weighted by Crippen LogP contribution is 2.24. The maximum absolute atomic E-state index is 9.75. The van der Waals surface area contributed by atoms with Crippen molar-refractivity contribution in [2.24, 2.45) is 0 Å². The van der Waals surface area contributed by atoms with Gasteiger partial charge in [0.25, 0.3) is 0 Å². The fraction of sp³-hybridized carbons (Fsp3) is 0.917. The molecular formula is C12H21O9. The van der Waals surface area contributed by atoms with Crippen LogP contribution in [0.2, 0.25) is 0 Å². The molecule has 9 atom stereocenters. The zero-order valence-electron chi connectivity index (χ0n) is 11.4. The largest absolute Gasteiger partial charge is 0.388 e.